The normalized spacial score (nSPS) is 14.6. The van der Waals surface area contributed by atoms with Crippen LogP contribution in [0.3, 0.4) is 0 Å². The van der Waals surface area contributed by atoms with Crippen LogP contribution in [0.25, 0.3) is 22.4 Å². The third-order valence-corrected chi connectivity index (χ3v) is 5.45. The summed E-state index contributed by atoms with van der Waals surface area (Å²) >= 11 is 0. The van der Waals surface area contributed by atoms with Gasteiger partial charge in [-0.05, 0) is 86.6 Å². The Morgan fingerprint density at radius 2 is 1.77 bits per heavy atom. The number of nitrogens with two attached hydrogens (primary N) is 1. The molecule has 3 heterocycles. The molecule has 0 radical (unpaired) electrons. The topological polar surface area (TPSA) is 75.0 Å². The lowest BCUT2D eigenvalue weighted by atomic mass is 9.93. The summed E-state index contributed by atoms with van der Waals surface area (Å²) in [7, 11) is 2.14. The maximum Gasteiger partial charge on any atom is 0.267 e. The second-order valence-corrected chi connectivity index (χ2v) is 7.39. The Hall–Kier alpha value is -2.41. The van der Waals surface area contributed by atoms with Crippen molar-refractivity contribution < 1.29 is 9.18 Å². The number of pyridine rings is 1. The zero-order valence-electron chi connectivity index (χ0n) is 16.6. The quantitative estimate of drug-likeness (QED) is 0.607. The van der Waals surface area contributed by atoms with Crippen molar-refractivity contribution >= 4 is 30.7 Å². The van der Waals surface area contributed by atoms with Gasteiger partial charge in [-0.25, -0.2) is 4.39 Å². The second kappa shape index (κ2) is 10.1. The van der Waals surface area contributed by atoms with Crippen LogP contribution in [-0.4, -0.2) is 40.9 Å². The molecule has 0 unspecified atom stereocenters. The van der Waals surface area contributed by atoms with Gasteiger partial charge in [0, 0.05) is 23.4 Å². The van der Waals surface area contributed by atoms with Gasteiger partial charge in [0.25, 0.3) is 5.91 Å². The van der Waals surface area contributed by atoms with Crippen molar-refractivity contribution in [3.05, 3.63) is 65.9 Å². The monoisotopic (exact) mass is 450 g/mol. The molecule has 1 aliphatic rings. The maximum atomic E-state index is 13.4. The molecule has 1 amide bonds. The highest BCUT2D eigenvalue weighted by Crippen LogP contribution is 2.37. The molecular weight excluding hydrogens is 426 g/mol. The lowest BCUT2D eigenvalue weighted by molar-refractivity contribution is 0.0995. The number of rotatable bonds is 4. The van der Waals surface area contributed by atoms with E-state index in [-0.39, 0.29) is 36.3 Å². The highest BCUT2D eigenvalue weighted by atomic mass is 35.5. The number of halogens is 3. The summed E-state index contributed by atoms with van der Waals surface area (Å²) < 4.78 is 13.4. The predicted octanol–water partition coefficient (Wildman–Crippen LogP) is 4.63. The van der Waals surface area contributed by atoms with Crippen LogP contribution in [0.4, 0.5) is 4.39 Å². The highest BCUT2D eigenvalue weighted by molar-refractivity contribution is 5.93. The van der Waals surface area contributed by atoms with Crippen LogP contribution in [0.15, 0.2) is 48.7 Å². The van der Waals surface area contributed by atoms with Crippen molar-refractivity contribution in [1.29, 1.82) is 0 Å². The fourth-order valence-electron chi connectivity index (χ4n) is 3.82. The Morgan fingerprint density at radius 3 is 2.40 bits per heavy atom. The van der Waals surface area contributed by atoms with Gasteiger partial charge >= 0.3 is 0 Å². The first-order valence-corrected chi connectivity index (χ1v) is 9.45. The van der Waals surface area contributed by atoms with Gasteiger partial charge in [-0.3, -0.25) is 9.78 Å². The molecule has 0 bridgehead atoms. The number of piperidine rings is 1. The predicted molar refractivity (Wildman–Crippen MR) is 122 cm³/mol. The Bertz CT molecular complexity index is 999. The van der Waals surface area contributed by atoms with Gasteiger partial charge in [0.2, 0.25) is 0 Å². The number of hydrogen-bond donors (Lipinski definition) is 2. The number of carbonyl (C=O) groups excluding carboxylic acids is 1. The van der Waals surface area contributed by atoms with Crippen LogP contribution in [-0.2, 0) is 0 Å². The smallest absolute Gasteiger partial charge is 0.267 e. The van der Waals surface area contributed by atoms with Crippen LogP contribution >= 0.6 is 24.8 Å². The van der Waals surface area contributed by atoms with Crippen molar-refractivity contribution in [3.63, 3.8) is 0 Å². The molecule has 1 aromatic carbocycles. The van der Waals surface area contributed by atoms with E-state index in [0.29, 0.717) is 5.92 Å². The fraction of sp³-hybridized carbons (Fsp3) is 0.273. The summed E-state index contributed by atoms with van der Waals surface area (Å²) in [6.45, 7) is 2.12. The van der Waals surface area contributed by atoms with Gasteiger partial charge in [-0.15, -0.1) is 24.8 Å². The number of benzene rings is 1. The van der Waals surface area contributed by atoms with E-state index in [9.17, 15) is 9.18 Å². The second-order valence-electron chi connectivity index (χ2n) is 7.39. The third kappa shape index (κ3) is 5.01. The molecule has 30 heavy (non-hydrogen) atoms. The summed E-state index contributed by atoms with van der Waals surface area (Å²) in [5, 5.41) is 0. The minimum Gasteiger partial charge on any atom is -0.364 e. The number of aromatic nitrogens is 2. The molecule has 5 nitrogen and oxygen atoms in total. The lowest BCUT2D eigenvalue weighted by Crippen LogP contribution is -2.29. The van der Waals surface area contributed by atoms with Crippen LogP contribution in [0.1, 0.15) is 34.9 Å². The first kappa shape index (κ1) is 23.9. The zero-order chi connectivity index (χ0) is 19.7. The van der Waals surface area contributed by atoms with E-state index >= 15 is 0 Å². The maximum absolute atomic E-state index is 13.4. The average Bonchev–Trinajstić information content (AvgIpc) is 3.14. The molecule has 1 fully saturated rings. The van der Waals surface area contributed by atoms with E-state index < -0.39 is 5.91 Å². The largest absolute Gasteiger partial charge is 0.364 e. The minimum atomic E-state index is -0.559. The van der Waals surface area contributed by atoms with Crippen LogP contribution in [0.5, 0.6) is 0 Å². The number of primary amides is 1. The molecule has 0 saturated carbocycles. The first-order chi connectivity index (χ1) is 13.5. The Morgan fingerprint density at radius 1 is 1.10 bits per heavy atom. The third-order valence-electron chi connectivity index (χ3n) is 5.45. The number of nitrogens with zero attached hydrogens (tertiary/aromatic N) is 2. The van der Waals surface area contributed by atoms with Gasteiger partial charge in [-0.2, -0.15) is 0 Å². The van der Waals surface area contributed by atoms with Crippen molar-refractivity contribution in [3.8, 4) is 22.4 Å². The van der Waals surface area contributed by atoms with E-state index in [0.717, 1.165) is 48.3 Å². The summed E-state index contributed by atoms with van der Waals surface area (Å²) in [6, 6.07) is 12.2. The van der Waals surface area contributed by atoms with Gasteiger partial charge in [0.1, 0.15) is 11.5 Å². The van der Waals surface area contributed by atoms with Crippen molar-refractivity contribution in [2.45, 2.75) is 18.8 Å². The van der Waals surface area contributed by atoms with E-state index in [2.05, 4.69) is 28.0 Å². The fourth-order valence-corrected chi connectivity index (χ4v) is 3.82. The molecule has 3 aromatic rings. The van der Waals surface area contributed by atoms with Crippen molar-refractivity contribution in [2.24, 2.45) is 5.73 Å². The number of hydrogen-bond acceptors (Lipinski definition) is 3. The van der Waals surface area contributed by atoms with E-state index in [1.165, 1.54) is 17.8 Å². The highest BCUT2D eigenvalue weighted by Gasteiger charge is 2.22. The molecule has 1 aliphatic heterocycles. The number of nitrogens with one attached hydrogen (secondary N) is 1. The number of likely N-dealkylation sites (tertiary alicyclic amines) is 1. The van der Waals surface area contributed by atoms with Gasteiger partial charge in [-0.1, -0.05) is 0 Å². The van der Waals surface area contributed by atoms with E-state index in [1.54, 1.807) is 24.4 Å². The summed E-state index contributed by atoms with van der Waals surface area (Å²) in [6.07, 6.45) is 3.76. The average molecular weight is 451 g/mol. The van der Waals surface area contributed by atoms with E-state index in [1.807, 2.05) is 6.07 Å². The molecule has 8 heteroatoms. The lowest BCUT2D eigenvalue weighted by Gasteiger charge is -2.28. The molecule has 0 aliphatic carbocycles. The summed E-state index contributed by atoms with van der Waals surface area (Å²) in [4.78, 5) is 21.5. The number of amides is 1. The van der Waals surface area contributed by atoms with Gasteiger partial charge in [0.05, 0.1) is 5.69 Å². The first-order valence-electron chi connectivity index (χ1n) is 9.45. The Balaban J connectivity index is 0.00000160. The zero-order valence-corrected chi connectivity index (χ0v) is 18.2. The molecule has 3 N–H and O–H groups in total. The SMILES string of the molecule is CN1CCC(c2cc(-c3ccnc(C(N)=O)c3)c(-c3ccc(F)cc3)[nH]2)CC1.Cl.Cl. The molecule has 4 rings (SSSR count). The van der Waals surface area contributed by atoms with Crippen LogP contribution in [0, 0.1) is 5.82 Å². The van der Waals surface area contributed by atoms with Crippen LogP contribution in [0.2, 0.25) is 0 Å². The molecule has 0 spiro atoms. The van der Waals surface area contributed by atoms with Crippen molar-refractivity contribution in [2.75, 3.05) is 20.1 Å². The summed E-state index contributed by atoms with van der Waals surface area (Å²) in [5.74, 6) is -0.384. The van der Waals surface area contributed by atoms with Crippen LogP contribution < -0.4 is 5.73 Å². The standard InChI is InChI=1S/C22H23FN4O.2ClH/c1-27-10-7-14(8-11-27)19-13-18(16-6-9-25-20(12-16)22(24)28)21(26-19)15-2-4-17(23)5-3-15;;/h2-6,9,12-14,26H,7-8,10-11H2,1H3,(H2,24,28);2*1H. The number of H-pyrrole nitrogens is 1. The Kier molecular flexibility index (Phi) is 8.01. The molecule has 1 saturated heterocycles. The number of aromatic amines is 1. The Labute approximate surface area is 187 Å². The van der Waals surface area contributed by atoms with Gasteiger partial charge < -0.3 is 15.6 Å². The van der Waals surface area contributed by atoms with E-state index in [4.69, 9.17) is 5.73 Å². The van der Waals surface area contributed by atoms with Gasteiger partial charge in [0.15, 0.2) is 0 Å². The molecular formula is C22H25Cl2FN4O. The minimum absolute atomic E-state index is 0. The molecule has 160 valence electrons. The molecule has 2 aromatic heterocycles. The summed E-state index contributed by atoms with van der Waals surface area (Å²) in [5.41, 5.74) is 10.4. The van der Waals surface area contributed by atoms with Crippen molar-refractivity contribution in [1.82, 2.24) is 14.9 Å². The molecule has 0 atom stereocenters. The number of carbonyl (C=O) groups is 1.